The number of esters is 1. The fourth-order valence-corrected chi connectivity index (χ4v) is 5.78. The van der Waals surface area contributed by atoms with E-state index < -0.39 is 0 Å². The molecular weight excluding hydrogens is 488 g/mol. The number of para-hydroxylation sites is 1. The second-order valence-electron chi connectivity index (χ2n) is 10.3. The van der Waals surface area contributed by atoms with E-state index in [1.165, 1.54) is 105 Å². The molecule has 0 amide bonds. The van der Waals surface area contributed by atoms with Crippen LogP contribution in [0.5, 0.6) is 5.75 Å². The van der Waals surface area contributed by atoms with Crippen molar-refractivity contribution in [2.45, 2.75) is 117 Å². The molecule has 3 rings (SSSR count). The van der Waals surface area contributed by atoms with Gasteiger partial charge in [0.1, 0.15) is 10.6 Å². The molecule has 0 saturated heterocycles. The van der Waals surface area contributed by atoms with E-state index in [0.717, 1.165) is 24.8 Å². The van der Waals surface area contributed by atoms with Crippen LogP contribution < -0.4 is 4.74 Å². The fourth-order valence-electron chi connectivity index (χ4n) is 4.70. The minimum Gasteiger partial charge on any atom is -0.422 e. The Morgan fingerprint density at radius 1 is 0.737 bits per heavy atom. The van der Waals surface area contributed by atoms with Gasteiger partial charge in [-0.2, -0.15) is 0 Å². The SMILES string of the molecule is CCCCCCCCCCCCc1cnc(-c2cc(C(=O)Oc3ccccc3)sc2CCCCCC)nc1. The lowest BCUT2D eigenvalue weighted by Gasteiger charge is -2.05. The Kier molecular flexibility index (Phi) is 14.1. The minimum absolute atomic E-state index is 0.320. The Morgan fingerprint density at radius 2 is 1.29 bits per heavy atom. The zero-order valence-electron chi connectivity index (χ0n) is 23.6. The summed E-state index contributed by atoms with van der Waals surface area (Å²) in [6, 6.07) is 11.2. The van der Waals surface area contributed by atoms with Gasteiger partial charge in [0.2, 0.25) is 0 Å². The average molecular weight is 535 g/mol. The number of rotatable bonds is 19. The Labute approximate surface area is 234 Å². The van der Waals surface area contributed by atoms with Gasteiger partial charge < -0.3 is 4.74 Å². The standard InChI is InChI=1S/C33H46N2O2S/c1-3-5-7-9-10-11-12-13-14-16-20-27-25-34-32(35-26-27)29-24-31(38-30(29)23-19-8-6-4-2)33(36)37-28-21-17-15-18-22-28/h15,17-18,21-22,24-26H,3-14,16,19-20,23H2,1-2H3. The number of aromatic nitrogens is 2. The minimum atomic E-state index is -0.320. The van der Waals surface area contributed by atoms with E-state index in [1.807, 2.05) is 36.7 Å². The number of nitrogens with zero attached hydrogens (tertiary/aromatic N) is 2. The van der Waals surface area contributed by atoms with Gasteiger partial charge in [-0.3, -0.25) is 0 Å². The molecule has 0 unspecified atom stereocenters. The predicted octanol–water partition coefficient (Wildman–Crippen LogP) is 10.0. The quantitative estimate of drug-likeness (QED) is 0.0872. The molecule has 4 nitrogen and oxygen atoms in total. The number of aryl methyl sites for hydroxylation is 2. The summed E-state index contributed by atoms with van der Waals surface area (Å²) in [7, 11) is 0. The first-order chi connectivity index (χ1) is 18.7. The van der Waals surface area contributed by atoms with Crippen LogP contribution in [-0.2, 0) is 12.8 Å². The summed E-state index contributed by atoms with van der Waals surface area (Å²) in [6.45, 7) is 4.49. The van der Waals surface area contributed by atoms with E-state index in [1.54, 1.807) is 12.1 Å². The lowest BCUT2D eigenvalue weighted by molar-refractivity contribution is 0.0740. The van der Waals surface area contributed by atoms with Gasteiger partial charge in [0.15, 0.2) is 5.82 Å². The smallest absolute Gasteiger partial charge is 0.353 e. The molecule has 0 fully saturated rings. The summed E-state index contributed by atoms with van der Waals surface area (Å²) >= 11 is 1.52. The third-order valence-corrected chi connectivity index (χ3v) is 8.16. The third kappa shape index (κ3) is 10.7. The summed E-state index contributed by atoms with van der Waals surface area (Å²) in [5.41, 5.74) is 2.16. The van der Waals surface area contributed by atoms with Crippen molar-refractivity contribution in [1.29, 1.82) is 0 Å². The molecule has 0 radical (unpaired) electrons. The molecule has 0 aliphatic heterocycles. The van der Waals surface area contributed by atoms with E-state index in [0.29, 0.717) is 16.5 Å². The molecule has 2 aromatic heterocycles. The van der Waals surface area contributed by atoms with E-state index in [-0.39, 0.29) is 5.97 Å². The molecule has 0 bridgehead atoms. The summed E-state index contributed by atoms with van der Waals surface area (Å²) in [4.78, 5) is 24.1. The highest BCUT2D eigenvalue weighted by Gasteiger charge is 2.19. The Hall–Kier alpha value is -2.53. The van der Waals surface area contributed by atoms with E-state index >= 15 is 0 Å². The maximum atomic E-state index is 12.9. The summed E-state index contributed by atoms with van der Waals surface area (Å²) in [5, 5.41) is 0. The number of carbonyl (C=O) groups is 1. The molecule has 0 aliphatic rings. The molecule has 1 aromatic carbocycles. The summed E-state index contributed by atoms with van der Waals surface area (Å²) < 4.78 is 5.60. The Bertz CT molecular complexity index is 1050. The van der Waals surface area contributed by atoms with Crippen LogP contribution in [0.15, 0.2) is 48.8 Å². The lowest BCUT2D eigenvalue weighted by Crippen LogP contribution is -2.06. The lowest BCUT2D eigenvalue weighted by atomic mass is 10.0. The van der Waals surface area contributed by atoms with E-state index in [2.05, 4.69) is 13.8 Å². The zero-order valence-corrected chi connectivity index (χ0v) is 24.4. The Morgan fingerprint density at radius 3 is 1.92 bits per heavy atom. The van der Waals surface area contributed by atoms with Gasteiger partial charge in [-0.25, -0.2) is 14.8 Å². The normalized spacial score (nSPS) is 11.1. The van der Waals surface area contributed by atoms with Crippen molar-refractivity contribution in [3.05, 3.63) is 64.1 Å². The highest BCUT2D eigenvalue weighted by molar-refractivity contribution is 7.14. The number of benzene rings is 1. The monoisotopic (exact) mass is 534 g/mol. The van der Waals surface area contributed by atoms with Crippen molar-refractivity contribution in [2.24, 2.45) is 0 Å². The van der Waals surface area contributed by atoms with Crippen LogP contribution in [0.25, 0.3) is 11.4 Å². The largest absolute Gasteiger partial charge is 0.422 e. The number of hydrogen-bond acceptors (Lipinski definition) is 5. The third-order valence-electron chi connectivity index (χ3n) is 6.99. The van der Waals surface area contributed by atoms with Crippen molar-refractivity contribution in [1.82, 2.24) is 9.97 Å². The van der Waals surface area contributed by atoms with Crippen molar-refractivity contribution < 1.29 is 9.53 Å². The molecule has 5 heteroatoms. The maximum absolute atomic E-state index is 12.9. The molecule has 38 heavy (non-hydrogen) atoms. The molecule has 0 N–H and O–H groups in total. The molecule has 0 saturated carbocycles. The van der Waals surface area contributed by atoms with Gasteiger partial charge in [0.25, 0.3) is 0 Å². The van der Waals surface area contributed by atoms with Gasteiger partial charge in [0, 0.05) is 22.8 Å². The van der Waals surface area contributed by atoms with Gasteiger partial charge in [-0.1, -0.05) is 109 Å². The van der Waals surface area contributed by atoms with Gasteiger partial charge in [0.05, 0.1) is 0 Å². The fraction of sp³-hybridized carbons (Fsp3) is 0.545. The van der Waals surface area contributed by atoms with E-state index in [4.69, 9.17) is 14.7 Å². The second-order valence-corrected chi connectivity index (χ2v) is 11.4. The van der Waals surface area contributed by atoms with Crippen molar-refractivity contribution in [2.75, 3.05) is 0 Å². The molecule has 3 aromatic rings. The molecule has 206 valence electrons. The van der Waals surface area contributed by atoms with Gasteiger partial charge in [-0.15, -0.1) is 11.3 Å². The van der Waals surface area contributed by atoms with Crippen LogP contribution in [0, 0.1) is 0 Å². The predicted molar refractivity (Wildman–Crippen MR) is 160 cm³/mol. The van der Waals surface area contributed by atoms with E-state index in [9.17, 15) is 4.79 Å². The zero-order chi connectivity index (χ0) is 26.8. The number of carbonyl (C=O) groups excluding carboxylic acids is 1. The first-order valence-electron chi connectivity index (χ1n) is 14.9. The highest BCUT2D eigenvalue weighted by Crippen LogP contribution is 2.32. The molecule has 0 aliphatic carbocycles. The van der Waals surface area contributed by atoms with Crippen LogP contribution in [0.2, 0.25) is 0 Å². The van der Waals surface area contributed by atoms with Crippen molar-refractivity contribution in [3.8, 4) is 17.1 Å². The van der Waals surface area contributed by atoms with Crippen LogP contribution in [-0.4, -0.2) is 15.9 Å². The van der Waals surface area contributed by atoms with Crippen LogP contribution in [0.4, 0.5) is 0 Å². The topological polar surface area (TPSA) is 52.1 Å². The number of unbranched alkanes of at least 4 members (excludes halogenated alkanes) is 12. The Balaban J connectivity index is 1.53. The maximum Gasteiger partial charge on any atom is 0.353 e. The number of hydrogen-bond donors (Lipinski definition) is 0. The average Bonchev–Trinajstić information content (AvgIpc) is 3.37. The first-order valence-corrected chi connectivity index (χ1v) is 15.7. The molecular formula is C33H46N2O2S. The van der Waals surface area contributed by atoms with Crippen LogP contribution in [0.3, 0.4) is 0 Å². The molecule has 0 atom stereocenters. The number of ether oxygens (including phenoxy) is 1. The van der Waals surface area contributed by atoms with Crippen LogP contribution >= 0.6 is 11.3 Å². The second kappa shape index (κ2) is 17.9. The highest BCUT2D eigenvalue weighted by atomic mass is 32.1. The summed E-state index contributed by atoms with van der Waals surface area (Å²) in [6.07, 6.45) is 24.0. The van der Waals surface area contributed by atoms with Gasteiger partial charge >= 0.3 is 5.97 Å². The van der Waals surface area contributed by atoms with Gasteiger partial charge in [-0.05, 0) is 49.4 Å². The molecule has 0 spiro atoms. The number of thiophene rings is 1. The van der Waals surface area contributed by atoms with Crippen molar-refractivity contribution >= 4 is 17.3 Å². The van der Waals surface area contributed by atoms with Crippen molar-refractivity contribution in [3.63, 3.8) is 0 Å². The van der Waals surface area contributed by atoms with Crippen LogP contribution in [0.1, 0.15) is 124 Å². The molecule has 2 heterocycles. The first kappa shape index (κ1) is 30.0. The summed E-state index contributed by atoms with van der Waals surface area (Å²) in [5.74, 6) is 0.946.